The van der Waals surface area contributed by atoms with Crippen molar-refractivity contribution in [3.05, 3.63) is 18.0 Å². The highest BCUT2D eigenvalue weighted by atomic mass is 15.2. The van der Waals surface area contributed by atoms with Crippen LogP contribution in [-0.2, 0) is 13.5 Å². The highest BCUT2D eigenvalue weighted by Gasteiger charge is 2.34. The van der Waals surface area contributed by atoms with Crippen molar-refractivity contribution < 1.29 is 0 Å². The molecule has 19 heavy (non-hydrogen) atoms. The second-order valence-corrected chi connectivity index (χ2v) is 6.49. The zero-order valence-electron chi connectivity index (χ0n) is 12.6. The largest absolute Gasteiger partial charge is 0.330 e. The van der Waals surface area contributed by atoms with Gasteiger partial charge in [0.15, 0.2) is 0 Å². The Morgan fingerprint density at radius 1 is 1.42 bits per heavy atom. The van der Waals surface area contributed by atoms with E-state index in [0.717, 1.165) is 18.9 Å². The Morgan fingerprint density at radius 3 is 2.68 bits per heavy atom. The minimum absolute atomic E-state index is 0.339. The maximum atomic E-state index is 6.11. The van der Waals surface area contributed by atoms with E-state index in [9.17, 15) is 0 Å². The van der Waals surface area contributed by atoms with Crippen molar-refractivity contribution >= 4 is 0 Å². The summed E-state index contributed by atoms with van der Waals surface area (Å²) < 4.78 is 1.90. The van der Waals surface area contributed by atoms with Crippen LogP contribution in [0.15, 0.2) is 12.4 Å². The van der Waals surface area contributed by atoms with Gasteiger partial charge in [0.2, 0.25) is 0 Å². The van der Waals surface area contributed by atoms with Crippen LogP contribution in [0.4, 0.5) is 0 Å². The molecular formula is C16H29N3. The van der Waals surface area contributed by atoms with Crippen LogP contribution in [0.1, 0.15) is 57.4 Å². The molecule has 1 aromatic rings. The summed E-state index contributed by atoms with van der Waals surface area (Å²) in [6.45, 7) is 3.11. The molecule has 0 bridgehead atoms. The fourth-order valence-corrected chi connectivity index (χ4v) is 3.52. The number of aromatic nitrogens is 2. The van der Waals surface area contributed by atoms with E-state index in [0.29, 0.717) is 5.41 Å². The molecule has 1 aliphatic carbocycles. The summed E-state index contributed by atoms with van der Waals surface area (Å²) in [5, 5.41) is 4.28. The highest BCUT2D eigenvalue weighted by molar-refractivity contribution is 5.08. The molecule has 0 unspecified atom stereocenters. The van der Waals surface area contributed by atoms with E-state index in [4.69, 9.17) is 5.73 Å². The van der Waals surface area contributed by atoms with Crippen molar-refractivity contribution in [2.75, 3.05) is 6.54 Å². The standard InChI is InChI=1S/C16H29N3/c1-3-4-5-14-6-8-16(13-17,9-7-14)10-15-11-18-19(2)12-15/h11-12,14H,3-10,13,17H2,1-2H3. The van der Waals surface area contributed by atoms with Crippen LogP contribution >= 0.6 is 0 Å². The highest BCUT2D eigenvalue weighted by Crippen LogP contribution is 2.42. The van der Waals surface area contributed by atoms with Crippen molar-refractivity contribution in [1.29, 1.82) is 0 Å². The van der Waals surface area contributed by atoms with Crippen LogP contribution in [0, 0.1) is 11.3 Å². The molecule has 0 amide bonds. The summed E-state index contributed by atoms with van der Waals surface area (Å²) in [5.74, 6) is 0.952. The number of nitrogens with two attached hydrogens (primary N) is 1. The lowest BCUT2D eigenvalue weighted by atomic mass is 9.67. The smallest absolute Gasteiger partial charge is 0.0521 e. The number of hydrogen-bond acceptors (Lipinski definition) is 2. The average molecular weight is 263 g/mol. The fraction of sp³-hybridized carbons (Fsp3) is 0.812. The molecular weight excluding hydrogens is 234 g/mol. The Bertz CT molecular complexity index is 375. The van der Waals surface area contributed by atoms with Crippen LogP contribution < -0.4 is 5.73 Å². The quantitative estimate of drug-likeness (QED) is 0.856. The van der Waals surface area contributed by atoms with Crippen molar-refractivity contribution in [3.63, 3.8) is 0 Å². The first-order valence-corrected chi connectivity index (χ1v) is 7.85. The molecule has 1 fully saturated rings. The van der Waals surface area contributed by atoms with Crippen molar-refractivity contribution in [2.45, 2.75) is 58.3 Å². The Morgan fingerprint density at radius 2 is 2.16 bits per heavy atom. The Kier molecular flexibility index (Phi) is 5.03. The second-order valence-electron chi connectivity index (χ2n) is 6.49. The predicted octanol–water partition coefficient (Wildman–Crippen LogP) is 3.29. The van der Waals surface area contributed by atoms with Crippen molar-refractivity contribution in [2.24, 2.45) is 24.1 Å². The fourth-order valence-electron chi connectivity index (χ4n) is 3.52. The molecule has 0 aliphatic heterocycles. The number of rotatable bonds is 6. The predicted molar refractivity (Wildman–Crippen MR) is 79.9 cm³/mol. The molecule has 3 heteroatoms. The first kappa shape index (κ1) is 14.6. The third-order valence-corrected chi connectivity index (χ3v) is 4.90. The molecule has 1 aromatic heterocycles. The van der Waals surface area contributed by atoms with Gasteiger partial charge in [-0.25, -0.2) is 0 Å². The van der Waals surface area contributed by atoms with Gasteiger partial charge in [-0.2, -0.15) is 5.10 Å². The molecule has 1 aliphatic rings. The van der Waals surface area contributed by atoms with Gasteiger partial charge in [-0.05, 0) is 55.5 Å². The van der Waals surface area contributed by atoms with E-state index in [1.54, 1.807) is 0 Å². The SMILES string of the molecule is CCCCC1CCC(CN)(Cc2cnn(C)c2)CC1. The van der Waals surface area contributed by atoms with E-state index in [-0.39, 0.29) is 0 Å². The maximum absolute atomic E-state index is 6.11. The minimum atomic E-state index is 0.339. The molecule has 108 valence electrons. The van der Waals surface area contributed by atoms with Gasteiger partial charge in [-0.3, -0.25) is 4.68 Å². The molecule has 0 atom stereocenters. The first-order valence-electron chi connectivity index (χ1n) is 7.85. The van der Waals surface area contributed by atoms with Gasteiger partial charge >= 0.3 is 0 Å². The summed E-state index contributed by atoms with van der Waals surface area (Å²) >= 11 is 0. The molecule has 0 saturated heterocycles. The number of hydrogen-bond donors (Lipinski definition) is 1. The van der Waals surface area contributed by atoms with Crippen molar-refractivity contribution in [3.8, 4) is 0 Å². The van der Waals surface area contributed by atoms with Gasteiger partial charge in [0, 0.05) is 13.2 Å². The zero-order chi connectivity index (χ0) is 13.7. The van der Waals surface area contributed by atoms with E-state index < -0.39 is 0 Å². The Hall–Kier alpha value is -0.830. The monoisotopic (exact) mass is 263 g/mol. The van der Waals surface area contributed by atoms with E-state index in [1.807, 2.05) is 17.9 Å². The first-order chi connectivity index (χ1) is 9.17. The summed E-state index contributed by atoms with van der Waals surface area (Å²) in [7, 11) is 1.99. The molecule has 0 radical (unpaired) electrons. The van der Waals surface area contributed by atoms with Crippen molar-refractivity contribution in [1.82, 2.24) is 9.78 Å². The van der Waals surface area contributed by atoms with Gasteiger partial charge in [0.25, 0.3) is 0 Å². The lowest BCUT2D eigenvalue weighted by molar-refractivity contribution is 0.150. The molecule has 1 saturated carbocycles. The van der Waals surface area contributed by atoms with Gasteiger partial charge in [-0.1, -0.05) is 26.2 Å². The molecule has 2 N–H and O–H groups in total. The number of nitrogens with zero attached hydrogens (tertiary/aromatic N) is 2. The van der Waals surface area contributed by atoms with Crippen LogP contribution in [0.2, 0.25) is 0 Å². The molecule has 2 rings (SSSR count). The van der Waals surface area contributed by atoms with E-state index >= 15 is 0 Å². The third-order valence-electron chi connectivity index (χ3n) is 4.90. The number of unbranched alkanes of at least 4 members (excludes halogenated alkanes) is 1. The third kappa shape index (κ3) is 3.82. The van der Waals surface area contributed by atoms with E-state index in [1.165, 1.54) is 50.5 Å². The van der Waals surface area contributed by atoms with Crippen LogP contribution in [0.25, 0.3) is 0 Å². The Balaban J connectivity index is 1.90. The van der Waals surface area contributed by atoms with Crippen LogP contribution in [0.3, 0.4) is 0 Å². The van der Waals surface area contributed by atoms with Gasteiger partial charge in [-0.15, -0.1) is 0 Å². The molecule has 0 spiro atoms. The molecule has 1 heterocycles. The van der Waals surface area contributed by atoms with E-state index in [2.05, 4.69) is 18.2 Å². The summed E-state index contributed by atoms with van der Waals surface area (Å²) in [4.78, 5) is 0. The molecule has 3 nitrogen and oxygen atoms in total. The topological polar surface area (TPSA) is 43.8 Å². The lowest BCUT2D eigenvalue weighted by Gasteiger charge is -2.39. The summed E-state index contributed by atoms with van der Waals surface area (Å²) in [5.41, 5.74) is 7.80. The summed E-state index contributed by atoms with van der Waals surface area (Å²) in [6, 6.07) is 0. The Labute approximate surface area is 117 Å². The summed E-state index contributed by atoms with van der Waals surface area (Å²) in [6.07, 6.45) is 14.7. The van der Waals surface area contributed by atoms with Crippen LogP contribution in [-0.4, -0.2) is 16.3 Å². The van der Waals surface area contributed by atoms with Crippen LogP contribution in [0.5, 0.6) is 0 Å². The average Bonchev–Trinajstić information content (AvgIpc) is 2.83. The second kappa shape index (κ2) is 6.56. The number of aryl methyl sites for hydroxylation is 1. The van der Waals surface area contributed by atoms with Gasteiger partial charge in [0.1, 0.15) is 0 Å². The van der Waals surface area contributed by atoms with Gasteiger partial charge < -0.3 is 5.73 Å². The zero-order valence-corrected chi connectivity index (χ0v) is 12.6. The molecule has 0 aromatic carbocycles. The van der Waals surface area contributed by atoms with Gasteiger partial charge in [0.05, 0.1) is 6.20 Å². The normalized spacial score (nSPS) is 27.6. The maximum Gasteiger partial charge on any atom is 0.0521 e. The minimum Gasteiger partial charge on any atom is -0.330 e. The lowest BCUT2D eigenvalue weighted by Crippen LogP contribution is -2.36.